The van der Waals surface area contributed by atoms with Gasteiger partial charge >= 0.3 is 12.1 Å². The number of esters is 1. The maximum absolute atomic E-state index is 14.1. The van der Waals surface area contributed by atoms with Crippen LogP contribution in [0.1, 0.15) is 79.8 Å². The lowest BCUT2D eigenvalue weighted by molar-refractivity contribution is -0.139. The van der Waals surface area contributed by atoms with Gasteiger partial charge in [-0.25, -0.2) is 9.78 Å². The number of ether oxygens (including phenoxy) is 3. The molecule has 1 amide bonds. The molecule has 0 aliphatic heterocycles. The molecule has 11 heteroatoms. The summed E-state index contributed by atoms with van der Waals surface area (Å²) in [5.74, 6) is -1.26. The number of aromatic nitrogens is 1. The fourth-order valence-corrected chi connectivity index (χ4v) is 5.91. The molecular formula is C30H36ClF3N2O5. The van der Waals surface area contributed by atoms with E-state index in [1.165, 1.54) is 25.4 Å². The molecule has 1 aromatic carbocycles. The highest BCUT2D eigenvalue weighted by Crippen LogP contribution is 2.40. The van der Waals surface area contributed by atoms with E-state index in [9.17, 15) is 22.8 Å². The van der Waals surface area contributed by atoms with Gasteiger partial charge in [-0.1, -0.05) is 6.92 Å². The van der Waals surface area contributed by atoms with Gasteiger partial charge in [0.05, 0.1) is 24.5 Å². The summed E-state index contributed by atoms with van der Waals surface area (Å²) in [6, 6.07) is 5.02. The van der Waals surface area contributed by atoms with Gasteiger partial charge in [0.15, 0.2) is 0 Å². The van der Waals surface area contributed by atoms with E-state index in [4.69, 9.17) is 25.8 Å². The Morgan fingerprint density at radius 3 is 2.29 bits per heavy atom. The largest absolute Gasteiger partial charge is 0.465 e. The van der Waals surface area contributed by atoms with Gasteiger partial charge in [-0.2, -0.15) is 13.2 Å². The van der Waals surface area contributed by atoms with E-state index in [0.29, 0.717) is 24.4 Å². The quantitative estimate of drug-likeness (QED) is 0.231. The smallest absolute Gasteiger partial charge is 0.421 e. The summed E-state index contributed by atoms with van der Waals surface area (Å²) in [7, 11) is 2.89. The summed E-state index contributed by atoms with van der Waals surface area (Å²) in [4.78, 5) is 32.7. The lowest BCUT2D eigenvalue weighted by atomic mass is 9.81. The molecule has 2 aromatic rings. The van der Waals surface area contributed by atoms with Crippen LogP contribution in [0.2, 0.25) is 0 Å². The average Bonchev–Trinajstić information content (AvgIpc) is 2.97. The van der Waals surface area contributed by atoms with Crippen LogP contribution in [-0.2, 0) is 26.3 Å². The van der Waals surface area contributed by atoms with Crippen LogP contribution >= 0.6 is 11.6 Å². The standard InChI is InChI=1S/C30H36ClF3N2O5/c1-18-4-6-20(7-5-18)28(37)36(21-8-10-22(39-2)11-9-21)26-13-12-23(15-24(26)29(38)40-3)41-27-25(30(32,33)34)14-19(16-31)17-35-27/h12-15,17-18,20-22H,4-11,16H2,1-3H3. The van der Waals surface area contributed by atoms with Crippen molar-refractivity contribution < 1.29 is 37.0 Å². The zero-order chi connectivity index (χ0) is 29.7. The number of methoxy groups -OCH3 is 2. The number of alkyl halides is 4. The van der Waals surface area contributed by atoms with Crippen molar-refractivity contribution in [1.82, 2.24) is 4.98 Å². The van der Waals surface area contributed by atoms with Crippen LogP contribution in [-0.4, -0.2) is 43.2 Å². The number of hydrogen-bond donors (Lipinski definition) is 0. The Morgan fingerprint density at radius 2 is 1.71 bits per heavy atom. The fourth-order valence-electron chi connectivity index (χ4n) is 5.76. The maximum atomic E-state index is 14.1. The van der Waals surface area contributed by atoms with Gasteiger partial charge in [0.1, 0.15) is 11.3 Å². The molecular weight excluding hydrogens is 561 g/mol. The lowest BCUT2D eigenvalue weighted by Crippen LogP contribution is -2.47. The van der Waals surface area contributed by atoms with Crippen molar-refractivity contribution in [2.75, 3.05) is 19.1 Å². The zero-order valence-electron chi connectivity index (χ0n) is 23.5. The number of hydrogen-bond acceptors (Lipinski definition) is 6. The van der Waals surface area contributed by atoms with Gasteiger partial charge in [0.2, 0.25) is 11.8 Å². The van der Waals surface area contributed by atoms with Crippen molar-refractivity contribution in [2.45, 2.75) is 82.5 Å². The van der Waals surface area contributed by atoms with E-state index in [-0.39, 0.29) is 46.7 Å². The Kier molecular flexibility index (Phi) is 10.2. The Balaban J connectivity index is 1.73. The van der Waals surface area contributed by atoms with E-state index in [1.54, 1.807) is 18.1 Å². The molecule has 2 aliphatic carbocycles. The number of amides is 1. The first-order chi connectivity index (χ1) is 19.5. The fraction of sp³-hybridized carbons (Fsp3) is 0.567. The van der Waals surface area contributed by atoms with Gasteiger partial charge in [-0.05, 0) is 87.1 Å². The predicted molar refractivity (Wildman–Crippen MR) is 148 cm³/mol. The highest BCUT2D eigenvalue weighted by Gasteiger charge is 2.38. The van der Waals surface area contributed by atoms with Gasteiger partial charge < -0.3 is 19.1 Å². The first-order valence-corrected chi connectivity index (χ1v) is 14.5. The number of nitrogens with zero attached hydrogens (tertiary/aromatic N) is 2. The third-order valence-corrected chi connectivity index (χ3v) is 8.47. The van der Waals surface area contributed by atoms with Gasteiger partial charge in [0, 0.05) is 31.1 Å². The summed E-state index contributed by atoms with van der Waals surface area (Å²) in [5.41, 5.74) is -0.513. The molecule has 2 saturated carbocycles. The van der Waals surface area contributed by atoms with E-state index in [0.717, 1.165) is 44.6 Å². The number of anilines is 1. The minimum absolute atomic E-state index is 0.0299. The third kappa shape index (κ3) is 7.33. The van der Waals surface area contributed by atoms with Gasteiger partial charge in [-0.15, -0.1) is 11.6 Å². The number of benzene rings is 1. The lowest BCUT2D eigenvalue weighted by Gasteiger charge is -2.40. The molecule has 0 spiro atoms. The van der Waals surface area contributed by atoms with E-state index < -0.39 is 23.6 Å². The number of rotatable bonds is 8. The molecule has 2 aliphatic rings. The maximum Gasteiger partial charge on any atom is 0.421 e. The second-order valence-electron chi connectivity index (χ2n) is 10.9. The second-order valence-corrected chi connectivity index (χ2v) is 11.2. The van der Waals surface area contributed by atoms with Crippen molar-refractivity contribution in [3.8, 4) is 11.6 Å². The highest BCUT2D eigenvalue weighted by molar-refractivity contribution is 6.17. The van der Waals surface area contributed by atoms with Gasteiger partial charge in [-0.3, -0.25) is 4.79 Å². The van der Waals surface area contributed by atoms with Crippen LogP contribution in [0.3, 0.4) is 0 Å². The first-order valence-electron chi connectivity index (χ1n) is 13.9. The highest BCUT2D eigenvalue weighted by atomic mass is 35.5. The molecule has 224 valence electrons. The summed E-state index contributed by atoms with van der Waals surface area (Å²) in [6.07, 6.45) is 2.93. The van der Waals surface area contributed by atoms with Crippen LogP contribution in [0.4, 0.5) is 18.9 Å². The molecule has 0 N–H and O–H groups in total. The average molecular weight is 597 g/mol. The first kappa shape index (κ1) is 31.1. The number of pyridine rings is 1. The molecule has 0 unspecified atom stereocenters. The van der Waals surface area contributed by atoms with Crippen molar-refractivity contribution in [3.05, 3.63) is 47.2 Å². The normalized spacial score (nSPS) is 23.1. The molecule has 41 heavy (non-hydrogen) atoms. The molecule has 1 aromatic heterocycles. The predicted octanol–water partition coefficient (Wildman–Crippen LogP) is 7.54. The zero-order valence-corrected chi connectivity index (χ0v) is 24.3. The van der Waals surface area contributed by atoms with Gasteiger partial charge in [0.25, 0.3) is 0 Å². The number of halogens is 4. The molecule has 0 bridgehead atoms. The Morgan fingerprint density at radius 1 is 1.02 bits per heavy atom. The second kappa shape index (κ2) is 13.4. The molecule has 4 rings (SSSR count). The van der Waals surface area contributed by atoms with E-state index in [1.807, 2.05) is 0 Å². The monoisotopic (exact) mass is 596 g/mol. The van der Waals surface area contributed by atoms with Crippen molar-refractivity contribution >= 4 is 29.2 Å². The van der Waals surface area contributed by atoms with Crippen LogP contribution in [0.25, 0.3) is 0 Å². The van der Waals surface area contributed by atoms with Crippen LogP contribution in [0.5, 0.6) is 11.6 Å². The molecule has 0 saturated heterocycles. The summed E-state index contributed by atoms with van der Waals surface area (Å²) in [6.45, 7) is 2.18. The van der Waals surface area contributed by atoms with E-state index in [2.05, 4.69) is 11.9 Å². The Hall–Kier alpha value is -2.85. The van der Waals surface area contributed by atoms with Crippen LogP contribution in [0, 0.1) is 11.8 Å². The Bertz CT molecular complexity index is 1230. The van der Waals surface area contributed by atoms with Crippen molar-refractivity contribution in [2.24, 2.45) is 11.8 Å². The molecule has 0 radical (unpaired) electrons. The minimum atomic E-state index is -4.74. The number of carbonyl (C=O) groups excluding carboxylic acids is 2. The Labute approximate surface area is 243 Å². The molecule has 1 heterocycles. The van der Waals surface area contributed by atoms with Crippen LogP contribution in [0.15, 0.2) is 30.5 Å². The molecule has 7 nitrogen and oxygen atoms in total. The SMILES string of the molecule is COC(=O)c1cc(Oc2ncc(CCl)cc2C(F)(F)F)ccc1N(C(=O)C1CCC(C)CC1)C1CCC(OC)CC1. The summed E-state index contributed by atoms with van der Waals surface area (Å²) >= 11 is 5.71. The number of carbonyl (C=O) groups is 2. The molecule has 2 fully saturated rings. The van der Waals surface area contributed by atoms with Crippen molar-refractivity contribution in [3.63, 3.8) is 0 Å². The summed E-state index contributed by atoms with van der Waals surface area (Å²) < 4.78 is 57.4. The third-order valence-electron chi connectivity index (χ3n) is 8.16. The topological polar surface area (TPSA) is 78.0 Å². The van der Waals surface area contributed by atoms with Crippen LogP contribution < -0.4 is 9.64 Å². The molecule has 0 atom stereocenters. The minimum Gasteiger partial charge on any atom is -0.465 e. The van der Waals surface area contributed by atoms with Crippen molar-refractivity contribution in [1.29, 1.82) is 0 Å². The van der Waals surface area contributed by atoms with E-state index >= 15 is 0 Å². The summed E-state index contributed by atoms with van der Waals surface area (Å²) in [5, 5.41) is 0.